The summed E-state index contributed by atoms with van der Waals surface area (Å²) in [6.45, 7) is -0.312. The van der Waals surface area contributed by atoms with Gasteiger partial charge in [0.05, 0.1) is 5.69 Å². The van der Waals surface area contributed by atoms with Crippen LogP contribution in [0.2, 0.25) is 0 Å². The third kappa shape index (κ3) is 6.63. The summed E-state index contributed by atoms with van der Waals surface area (Å²) in [5.41, 5.74) is 6.15. The maximum Gasteiger partial charge on any atom is 0.573 e. The molecule has 0 aliphatic heterocycles. The van der Waals surface area contributed by atoms with E-state index >= 15 is 0 Å². The topological polar surface area (TPSA) is 88.7 Å². The van der Waals surface area contributed by atoms with Gasteiger partial charge < -0.3 is 21.1 Å². The normalized spacial score (nSPS) is 11.8. The first-order valence-corrected chi connectivity index (χ1v) is 7.99. The van der Waals surface area contributed by atoms with Gasteiger partial charge in [-0.2, -0.15) is 0 Å². The average Bonchev–Trinajstić information content (AvgIpc) is 2.53. The first kappa shape index (κ1) is 19.6. The van der Waals surface area contributed by atoms with Gasteiger partial charge in [-0.15, -0.1) is 13.2 Å². The van der Waals surface area contributed by atoms with Gasteiger partial charge in [-0.25, -0.2) is 4.99 Å². The Kier molecular flexibility index (Phi) is 6.45. The van der Waals surface area contributed by atoms with Crippen LogP contribution in [0.1, 0.15) is 0 Å². The van der Waals surface area contributed by atoms with Crippen molar-refractivity contribution in [2.75, 3.05) is 17.2 Å². The van der Waals surface area contributed by atoms with Crippen molar-refractivity contribution >= 4 is 39.2 Å². The quantitative estimate of drug-likeness (QED) is 0.498. The van der Waals surface area contributed by atoms with Crippen molar-refractivity contribution in [1.82, 2.24) is 0 Å². The van der Waals surface area contributed by atoms with Crippen molar-refractivity contribution in [3.63, 3.8) is 0 Å². The number of guanidine groups is 1. The lowest BCUT2D eigenvalue weighted by molar-refractivity contribution is -0.274. The van der Waals surface area contributed by atoms with E-state index in [-0.39, 0.29) is 18.2 Å². The van der Waals surface area contributed by atoms with Gasteiger partial charge in [0.15, 0.2) is 11.7 Å². The first-order chi connectivity index (χ1) is 12.2. The van der Waals surface area contributed by atoms with Gasteiger partial charge in [-0.3, -0.25) is 4.79 Å². The van der Waals surface area contributed by atoms with Gasteiger partial charge in [0.2, 0.25) is 5.91 Å². The van der Waals surface area contributed by atoms with E-state index in [1.165, 1.54) is 18.2 Å². The van der Waals surface area contributed by atoms with E-state index in [4.69, 9.17) is 5.73 Å². The highest BCUT2D eigenvalue weighted by Gasteiger charge is 2.32. The Morgan fingerprint density at radius 1 is 1.15 bits per heavy atom. The SMILES string of the molecule is NC(=NCC(=O)Nc1cccc(Br)c1)Nc1ccccc1OC(F)(F)F. The number of para-hydroxylation sites is 2. The van der Waals surface area contributed by atoms with E-state index in [1.54, 1.807) is 24.3 Å². The van der Waals surface area contributed by atoms with E-state index in [9.17, 15) is 18.0 Å². The van der Waals surface area contributed by atoms with Crippen LogP contribution in [0.4, 0.5) is 24.5 Å². The number of anilines is 2. The minimum Gasteiger partial charge on any atom is -0.404 e. The number of nitrogens with zero attached hydrogens (tertiary/aromatic N) is 1. The molecule has 26 heavy (non-hydrogen) atoms. The lowest BCUT2D eigenvalue weighted by Gasteiger charge is -2.14. The summed E-state index contributed by atoms with van der Waals surface area (Å²) in [5, 5.41) is 5.09. The zero-order valence-corrected chi connectivity index (χ0v) is 14.8. The van der Waals surface area contributed by atoms with E-state index in [2.05, 4.69) is 36.3 Å². The summed E-state index contributed by atoms with van der Waals surface area (Å²) in [7, 11) is 0. The minimum absolute atomic E-state index is 0.0292. The van der Waals surface area contributed by atoms with Gasteiger partial charge in [0.25, 0.3) is 0 Å². The second-order valence-electron chi connectivity index (χ2n) is 4.93. The Hall–Kier alpha value is -2.75. The number of hydrogen-bond acceptors (Lipinski definition) is 3. The molecule has 2 aromatic carbocycles. The second kappa shape index (κ2) is 8.56. The molecule has 0 aliphatic rings. The van der Waals surface area contributed by atoms with Crippen LogP contribution in [-0.2, 0) is 4.79 Å². The highest BCUT2D eigenvalue weighted by atomic mass is 79.9. The van der Waals surface area contributed by atoms with E-state index in [0.717, 1.165) is 10.5 Å². The van der Waals surface area contributed by atoms with Crippen molar-refractivity contribution in [3.05, 3.63) is 53.0 Å². The predicted octanol–water partition coefficient (Wildman–Crippen LogP) is 3.71. The number of nitrogens with two attached hydrogens (primary N) is 1. The zero-order chi connectivity index (χ0) is 19.2. The fourth-order valence-electron chi connectivity index (χ4n) is 1.88. The molecule has 6 nitrogen and oxygen atoms in total. The van der Waals surface area contributed by atoms with E-state index in [1.807, 2.05) is 0 Å². The minimum atomic E-state index is -4.84. The zero-order valence-electron chi connectivity index (χ0n) is 13.2. The van der Waals surface area contributed by atoms with E-state index in [0.29, 0.717) is 5.69 Å². The molecule has 4 N–H and O–H groups in total. The Bertz CT molecular complexity index is 812. The predicted molar refractivity (Wildman–Crippen MR) is 96.0 cm³/mol. The number of benzene rings is 2. The molecule has 0 aromatic heterocycles. The van der Waals surface area contributed by atoms with Crippen molar-refractivity contribution in [3.8, 4) is 5.75 Å². The van der Waals surface area contributed by atoms with Crippen LogP contribution < -0.4 is 21.1 Å². The number of amides is 1. The van der Waals surface area contributed by atoms with Crippen LogP contribution in [0.5, 0.6) is 5.75 Å². The van der Waals surface area contributed by atoms with Gasteiger partial charge in [0, 0.05) is 10.2 Å². The summed E-state index contributed by atoms with van der Waals surface area (Å²) in [4.78, 5) is 15.6. The molecule has 0 saturated carbocycles. The van der Waals surface area contributed by atoms with Crippen molar-refractivity contribution in [2.45, 2.75) is 6.36 Å². The summed E-state index contributed by atoms with van der Waals surface area (Å²) < 4.78 is 41.8. The number of aliphatic imine (C=N–C) groups is 1. The summed E-state index contributed by atoms with van der Waals surface area (Å²) in [5.74, 6) is -1.13. The molecule has 0 fully saturated rings. The Balaban J connectivity index is 1.97. The Morgan fingerprint density at radius 3 is 2.58 bits per heavy atom. The standard InChI is InChI=1S/C16H14BrF3N4O2/c17-10-4-3-5-11(8-10)23-14(25)9-22-15(21)24-12-6-1-2-7-13(12)26-16(18,19)20/h1-8H,9H2,(H,23,25)(H3,21,22,24). The van der Waals surface area contributed by atoms with Gasteiger partial charge in [-0.1, -0.05) is 34.1 Å². The Labute approximate surface area is 155 Å². The fraction of sp³-hybridized carbons (Fsp3) is 0.125. The van der Waals surface area contributed by atoms with Crippen molar-refractivity contribution in [2.24, 2.45) is 10.7 Å². The second-order valence-corrected chi connectivity index (χ2v) is 5.84. The molecule has 0 unspecified atom stereocenters. The molecule has 0 bridgehead atoms. The lowest BCUT2D eigenvalue weighted by Crippen LogP contribution is -2.26. The van der Waals surface area contributed by atoms with Crippen molar-refractivity contribution < 1.29 is 22.7 Å². The number of alkyl halides is 3. The number of carbonyl (C=O) groups excluding carboxylic acids is 1. The van der Waals surface area contributed by atoms with Gasteiger partial charge in [-0.05, 0) is 30.3 Å². The molecule has 0 heterocycles. The van der Waals surface area contributed by atoms with Crippen LogP contribution in [0.15, 0.2) is 58.0 Å². The van der Waals surface area contributed by atoms with Crippen LogP contribution >= 0.6 is 15.9 Å². The first-order valence-electron chi connectivity index (χ1n) is 7.20. The molecule has 138 valence electrons. The fourth-order valence-corrected chi connectivity index (χ4v) is 2.28. The van der Waals surface area contributed by atoms with Gasteiger partial charge >= 0.3 is 6.36 Å². The number of halogens is 4. The number of carbonyl (C=O) groups is 1. The number of ether oxygens (including phenoxy) is 1. The van der Waals surface area contributed by atoms with Crippen LogP contribution in [0.25, 0.3) is 0 Å². The molecular formula is C16H14BrF3N4O2. The molecule has 10 heteroatoms. The number of rotatable bonds is 5. The highest BCUT2D eigenvalue weighted by molar-refractivity contribution is 9.10. The molecule has 2 rings (SSSR count). The maximum atomic E-state index is 12.4. The third-order valence-electron chi connectivity index (χ3n) is 2.88. The lowest BCUT2D eigenvalue weighted by atomic mass is 10.3. The largest absolute Gasteiger partial charge is 0.573 e. The number of nitrogens with one attached hydrogen (secondary N) is 2. The molecule has 0 aliphatic carbocycles. The molecule has 2 aromatic rings. The third-order valence-corrected chi connectivity index (χ3v) is 3.37. The van der Waals surface area contributed by atoms with Crippen LogP contribution in [-0.4, -0.2) is 24.8 Å². The van der Waals surface area contributed by atoms with Crippen molar-refractivity contribution in [1.29, 1.82) is 0 Å². The summed E-state index contributed by atoms with van der Waals surface area (Å²) >= 11 is 3.28. The maximum absolute atomic E-state index is 12.4. The highest BCUT2D eigenvalue weighted by Crippen LogP contribution is 2.29. The molecule has 0 radical (unpaired) electrons. The van der Waals surface area contributed by atoms with Gasteiger partial charge in [0.1, 0.15) is 6.54 Å². The van der Waals surface area contributed by atoms with E-state index < -0.39 is 18.0 Å². The molecule has 0 atom stereocenters. The average molecular weight is 431 g/mol. The molecule has 0 spiro atoms. The summed E-state index contributed by atoms with van der Waals surface area (Å²) in [6, 6.07) is 12.3. The summed E-state index contributed by atoms with van der Waals surface area (Å²) in [6.07, 6.45) is -4.84. The smallest absolute Gasteiger partial charge is 0.404 e. The Morgan fingerprint density at radius 2 is 1.88 bits per heavy atom. The molecule has 0 saturated heterocycles. The van der Waals surface area contributed by atoms with Crippen LogP contribution in [0.3, 0.4) is 0 Å². The number of hydrogen-bond donors (Lipinski definition) is 3. The molecule has 1 amide bonds. The molecular weight excluding hydrogens is 417 g/mol. The van der Waals surface area contributed by atoms with Crippen LogP contribution in [0, 0.1) is 0 Å². The monoisotopic (exact) mass is 430 g/mol.